The Kier molecular flexibility index (Phi) is 8.12. The van der Waals surface area contributed by atoms with Gasteiger partial charge in [-0.2, -0.15) is 13.2 Å². The molecular weight excluding hydrogens is 630 g/mol. The number of alkyl halides is 3. The van der Waals surface area contributed by atoms with Crippen LogP contribution < -0.4 is 15.4 Å². The van der Waals surface area contributed by atoms with Crippen molar-refractivity contribution in [3.05, 3.63) is 76.6 Å². The summed E-state index contributed by atoms with van der Waals surface area (Å²) in [5, 5.41) is 15.3. The zero-order valence-corrected chi connectivity index (χ0v) is 26.4. The Hall–Kier alpha value is -4.19. The van der Waals surface area contributed by atoms with Crippen molar-refractivity contribution in [3.8, 4) is 5.75 Å². The van der Waals surface area contributed by atoms with Crippen molar-refractivity contribution in [2.45, 2.75) is 56.8 Å². The molecule has 5 fully saturated rings. The number of aliphatic hydroxyl groups is 1. The average molecular weight is 668 g/mol. The third kappa shape index (κ3) is 6.10. The number of fused-ring (bicyclic) bond motifs is 2. The molecule has 2 bridgehead atoms. The van der Waals surface area contributed by atoms with E-state index in [1.165, 1.54) is 13.2 Å². The predicted octanol–water partition coefficient (Wildman–Crippen LogP) is 5.58. The summed E-state index contributed by atoms with van der Waals surface area (Å²) in [6, 6.07) is 6.69. The van der Waals surface area contributed by atoms with Gasteiger partial charge in [0, 0.05) is 42.2 Å². The molecule has 4 saturated carbocycles. The third-order valence-corrected chi connectivity index (χ3v) is 10.7. The summed E-state index contributed by atoms with van der Waals surface area (Å²) in [7, 11) is 1.43. The quantitative estimate of drug-likeness (QED) is 0.194. The molecule has 4 atom stereocenters. The lowest BCUT2D eigenvalue weighted by atomic mass is 9.62. The molecule has 7 rings (SSSR count). The summed E-state index contributed by atoms with van der Waals surface area (Å²) in [5.74, 6) is -2.94. The number of amides is 3. The van der Waals surface area contributed by atoms with Crippen molar-refractivity contribution in [2.24, 2.45) is 29.1 Å². The summed E-state index contributed by atoms with van der Waals surface area (Å²) < 4.78 is 59.5. The van der Waals surface area contributed by atoms with Gasteiger partial charge < -0.3 is 25.4 Å². The first-order chi connectivity index (χ1) is 22.8. The molecule has 1 aliphatic heterocycles. The number of halogens is 4. The Morgan fingerprint density at radius 1 is 1.02 bits per heavy atom. The Labute approximate surface area is 275 Å². The number of likely N-dealkylation sites (tertiary alicyclic amines) is 1. The number of nitrogens with one attached hydrogen (secondary N) is 2. The van der Waals surface area contributed by atoms with Crippen molar-refractivity contribution in [2.75, 3.05) is 25.5 Å². The number of aliphatic hydroxyl groups excluding tert-OH is 1. The van der Waals surface area contributed by atoms with Crippen LogP contribution in [0.1, 0.15) is 60.0 Å². The maximum atomic E-state index is 13.9. The van der Waals surface area contributed by atoms with Crippen LogP contribution >= 0.6 is 0 Å². The van der Waals surface area contributed by atoms with Crippen LogP contribution in [0.5, 0.6) is 5.75 Å². The zero-order valence-electron chi connectivity index (χ0n) is 26.4. The molecular formula is C36H37F4N3O5. The van der Waals surface area contributed by atoms with Gasteiger partial charge in [-0.15, -0.1) is 0 Å². The standard InChI is InChI=1S/C36H37F4N3O5/c1-48-29-10-4-20(5-11-30(45)43-17-35(18-43)15-22(44)16-35)13-26(29)33(46)42-32-24-8-7-23(25(24)12-19-2-3-19)31(32)34(47)41-21-6-9-28(37)27(14-21)36(38,39)40/h4-6,9-14,19,22-24,31-32,44H,2-3,7-8,15-18H2,1H3,(H,41,47)(H,42,46)/b11-5+,25-12-/t23-,24+,31-,32+/m0/s1. The van der Waals surface area contributed by atoms with Crippen molar-refractivity contribution >= 4 is 29.5 Å². The number of anilines is 1. The highest BCUT2D eigenvalue weighted by Crippen LogP contribution is 2.54. The fraction of sp³-hybridized carbons (Fsp3) is 0.472. The van der Waals surface area contributed by atoms with Crippen LogP contribution in [0.15, 0.2) is 54.1 Å². The summed E-state index contributed by atoms with van der Waals surface area (Å²) in [6.45, 7) is 1.23. The lowest BCUT2D eigenvalue weighted by Gasteiger charge is -2.57. The summed E-state index contributed by atoms with van der Waals surface area (Å²) >= 11 is 0. The van der Waals surface area contributed by atoms with Gasteiger partial charge in [0.15, 0.2) is 0 Å². The van der Waals surface area contributed by atoms with Gasteiger partial charge in [-0.3, -0.25) is 14.4 Å². The molecule has 0 radical (unpaired) electrons. The van der Waals surface area contributed by atoms with Gasteiger partial charge in [-0.1, -0.05) is 17.7 Å². The molecule has 0 unspecified atom stereocenters. The molecule has 1 spiro atoms. The van der Waals surface area contributed by atoms with E-state index in [1.54, 1.807) is 29.2 Å². The highest BCUT2D eigenvalue weighted by atomic mass is 19.4. The first-order valence-electron chi connectivity index (χ1n) is 16.4. The lowest BCUT2D eigenvalue weighted by molar-refractivity contribution is -0.158. The van der Waals surface area contributed by atoms with E-state index in [0.717, 1.165) is 30.9 Å². The molecule has 254 valence electrons. The van der Waals surface area contributed by atoms with Crippen molar-refractivity contribution in [1.29, 1.82) is 0 Å². The second kappa shape index (κ2) is 12.0. The molecule has 1 heterocycles. The number of carbonyl (C=O) groups is 3. The van der Waals surface area contributed by atoms with Crippen LogP contribution in [0.3, 0.4) is 0 Å². The van der Waals surface area contributed by atoms with E-state index in [4.69, 9.17) is 4.74 Å². The summed E-state index contributed by atoms with van der Waals surface area (Å²) in [6.07, 6.45) is 5.06. The topological polar surface area (TPSA) is 108 Å². The minimum atomic E-state index is -4.93. The van der Waals surface area contributed by atoms with Crippen LogP contribution in [0.2, 0.25) is 0 Å². The van der Waals surface area contributed by atoms with Crippen LogP contribution in [0.25, 0.3) is 6.08 Å². The Bertz CT molecular complexity index is 1700. The average Bonchev–Trinajstić information content (AvgIpc) is 3.69. The second-order valence-electron chi connectivity index (χ2n) is 14.1. The maximum Gasteiger partial charge on any atom is 0.419 e. The SMILES string of the molecule is COc1ccc(/C=C/C(=O)N2CC3(CC(O)C3)C2)cc1C(=O)N[C@H]1[C@@H](C(=O)Nc2ccc(F)c(C(F)(F)F)c2)[C@H]2CC[C@@H]1/C2=C\C1CC1. The Morgan fingerprint density at radius 2 is 1.75 bits per heavy atom. The van der Waals surface area contributed by atoms with Crippen LogP contribution in [-0.2, 0) is 15.8 Å². The summed E-state index contributed by atoms with van der Waals surface area (Å²) in [4.78, 5) is 42.1. The van der Waals surface area contributed by atoms with Gasteiger partial charge in [0.2, 0.25) is 11.8 Å². The predicted molar refractivity (Wildman–Crippen MR) is 168 cm³/mol. The molecule has 3 amide bonds. The van der Waals surface area contributed by atoms with Gasteiger partial charge in [0.05, 0.1) is 30.3 Å². The smallest absolute Gasteiger partial charge is 0.419 e. The number of nitrogens with zero attached hydrogens (tertiary/aromatic N) is 1. The van der Waals surface area contributed by atoms with Crippen LogP contribution in [0, 0.1) is 34.9 Å². The van der Waals surface area contributed by atoms with E-state index in [2.05, 4.69) is 16.7 Å². The Morgan fingerprint density at radius 3 is 2.42 bits per heavy atom. The highest BCUT2D eigenvalue weighted by Gasteiger charge is 2.55. The number of rotatable bonds is 8. The minimum absolute atomic E-state index is 0.0431. The van der Waals surface area contributed by atoms with E-state index < -0.39 is 41.3 Å². The first kappa shape index (κ1) is 32.4. The molecule has 8 nitrogen and oxygen atoms in total. The number of hydrogen-bond acceptors (Lipinski definition) is 5. The number of allylic oxidation sites excluding steroid dienone is 1. The van der Waals surface area contributed by atoms with Gasteiger partial charge in [0.1, 0.15) is 11.6 Å². The van der Waals surface area contributed by atoms with E-state index >= 15 is 0 Å². The molecule has 2 aromatic rings. The van der Waals surface area contributed by atoms with Gasteiger partial charge >= 0.3 is 6.18 Å². The van der Waals surface area contributed by atoms with Gasteiger partial charge in [0.25, 0.3) is 5.91 Å². The number of ether oxygens (including phenoxy) is 1. The van der Waals surface area contributed by atoms with Crippen LogP contribution in [0.4, 0.5) is 23.2 Å². The van der Waals surface area contributed by atoms with Crippen molar-refractivity contribution < 1.29 is 41.8 Å². The number of benzene rings is 2. The fourth-order valence-corrected chi connectivity index (χ4v) is 8.23. The fourth-order valence-electron chi connectivity index (χ4n) is 8.23. The molecule has 4 aliphatic carbocycles. The third-order valence-electron chi connectivity index (χ3n) is 10.7. The molecule has 48 heavy (non-hydrogen) atoms. The molecule has 5 aliphatic rings. The molecule has 1 saturated heterocycles. The lowest BCUT2D eigenvalue weighted by Crippen LogP contribution is -2.64. The Balaban J connectivity index is 1.10. The molecule has 12 heteroatoms. The molecule has 0 aromatic heterocycles. The van der Waals surface area contributed by atoms with E-state index in [-0.39, 0.29) is 40.5 Å². The van der Waals surface area contributed by atoms with E-state index in [9.17, 15) is 37.1 Å². The van der Waals surface area contributed by atoms with Crippen molar-refractivity contribution in [1.82, 2.24) is 10.2 Å². The van der Waals surface area contributed by atoms with Gasteiger partial charge in [-0.25, -0.2) is 4.39 Å². The number of hydrogen-bond donors (Lipinski definition) is 3. The highest BCUT2D eigenvalue weighted by molar-refractivity contribution is 6.00. The van der Waals surface area contributed by atoms with Crippen molar-refractivity contribution in [3.63, 3.8) is 0 Å². The molecule has 2 aromatic carbocycles. The monoisotopic (exact) mass is 667 g/mol. The normalized spacial score (nSPS) is 26.9. The molecule has 3 N–H and O–H groups in total. The van der Waals surface area contributed by atoms with E-state index in [0.29, 0.717) is 61.7 Å². The van der Waals surface area contributed by atoms with Gasteiger partial charge in [-0.05, 0) is 92.3 Å². The first-order valence-corrected chi connectivity index (χ1v) is 16.4. The maximum absolute atomic E-state index is 13.9. The zero-order chi connectivity index (χ0) is 34.0. The second-order valence-corrected chi connectivity index (χ2v) is 14.1. The minimum Gasteiger partial charge on any atom is -0.496 e. The largest absolute Gasteiger partial charge is 0.496 e. The van der Waals surface area contributed by atoms with Crippen LogP contribution in [-0.4, -0.2) is 60.1 Å². The summed E-state index contributed by atoms with van der Waals surface area (Å²) in [5.41, 5.74) is 0.301. The number of carbonyl (C=O) groups excluding carboxylic acids is 3. The number of methoxy groups -OCH3 is 1. The van der Waals surface area contributed by atoms with E-state index in [1.807, 2.05) is 0 Å².